The molecule has 226 valence electrons. The number of nitrogens with zero attached hydrogens (tertiary/aromatic N) is 3. The highest BCUT2D eigenvalue weighted by Gasteiger charge is 2.48. The van der Waals surface area contributed by atoms with Crippen LogP contribution in [0.5, 0.6) is 0 Å². The molecule has 9 nitrogen and oxygen atoms in total. The number of amides is 1. The van der Waals surface area contributed by atoms with Crippen LogP contribution in [0.2, 0.25) is 0 Å². The zero-order chi connectivity index (χ0) is 30.3. The van der Waals surface area contributed by atoms with Crippen LogP contribution in [0.15, 0.2) is 42.5 Å². The van der Waals surface area contributed by atoms with Gasteiger partial charge in [-0.1, -0.05) is 56.2 Å². The molecule has 0 saturated carbocycles. The second-order valence-corrected chi connectivity index (χ2v) is 11.1. The largest absolute Gasteiger partial charge is 0.497 e. The van der Waals surface area contributed by atoms with Crippen LogP contribution in [-0.2, 0) is 19.2 Å². The highest BCUT2D eigenvalue weighted by molar-refractivity contribution is 5.86. The number of carbonyl (C=O) groups excluding carboxylic acids is 3. The number of quaternary nitrogens is 1. The average Bonchev–Trinajstić information content (AvgIpc) is 3.46. The maximum atomic E-state index is 13.3. The standard InChI is InChI=1S/C30H36F3N5O4/c1-3-24(39)11-5-4-6-12-25(27-35-26(36-37-27)23-14-13-20-9-7-8-10-22(20)19-23)34-28(40)21-15-17-38(2,18-16-21)42-29(41)30(31,32)33/h7-10,13-14,19,21,25H,3-6,11-12,15-18H2,1-2H3,(H-,34,35,36,37,40)/p+1/t21?,25-,38?/m0/s1. The van der Waals surface area contributed by atoms with Gasteiger partial charge in [0.05, 0.1) is 6.04 Å². The van der Waals surface area contributed by atoms with Crippen LogP contribution in [0.4, 0.5) is 13.2 Å². The van der Waals surface area contributed by atoms with Crippen LogP contribution < -0.4 is 5.32 Å². The number of unbranched alkanes of at least 4 members (excludes halogenated alkanes) is 2. The first-order chi connectivity index (χ1) is 20.0. The summed E-state index contributed by atoms with van der Waals surface area (Å²) in [6.45, 7) is 2.02. The Bertz CT molecular complexity index is 1400. The number of rotatable bonds is 12. The molecule has 1 aromatic heterocycles. The normalized spacial score (nSPS) is 19.8. The number of hydroxylamine groups is 3. The van der Waals surface area contributed by atoms with Crippen LogP contribution in [0, 0.1) is 5.92 Å². The topological polar surface area (TPSA) is 114 Å². The van der Waals surface area contributed by atoms with Crippen molar-refractivity contribution in [2.45, 2.75) is 70.5 Å². The van der Waals surface area contributed by atoms with E-state index in [1.807, 2.05) is 49.4 Å². The van der Waals surface area contributed by atoms with Crippen LogP contribution in [0.25, 0.3) is 22.2 Å². The van der Waals surface area contributed by atoms with Gasteiger partial charge in [0.15, 0.2) is 5.82 Å². The van der Waals surface area contributed by atoms with Crippen molar-refractivity contribution in [1.29, 1.82) is 0 Å². The van der Waals surface area contributed by atoms with E-state index in [1.165, 1.54) is 7.05 Å². The van der Waals surface area contributed by atoms with E-state index in [1.54, 1.807) is 0 Å². The molecule has 42 heavy (non-hydrogen) atoms. The molecule has 1 fully saturated rings. The number of hydrogen-bond donors (Lipinski definition) is 2. The molecule has 0 spiro atoms. The lowest BCUT2D eigenvalue weighted by atomic mass is 9.95. The molecule has 12 heteroatoms. The van der Waals surface area contributed by atoms with Crippen molar-refractivity contribution in [3.63, 3.8) is 0 Å². The summed E-state index contributed by atoms with van der Waals surface area (Å²) < 4.78 is 37.5. The van der Waals surface area contributed by atoms with Gasteiger partial charge in [-0.15, -0.1) is 4.65 Å². The Morgan fingerprint density at radius 3 is 2.48 bits per heavy atom. The molecular weight excluding hydrogens is 551 g/mol. The van der Waals surface area contributed by atoms with E-state index in [0.29, 0.717) is 30.9 Å². The number of ketones is 1. The van der Waals surface area contributed by atoms with Crippen molar-refractivity contribution >= 4 is 28.4 Å². The van der Waals surface area contributed by atoms with Gasteiger partial charge in [-0.3, -0.25) is 19.5 Å². The van der Waals surface area contributed by atoms with E-state index in [4.69, 9.17) is 4.98 Å². The summed E-state index contributed by atoms with van der Waals surface area (Å²) in [6.07, 6.45) is -0.604. The minimum absolute atomic E-state index is 0.0877. The van der Waals surface area contributed by atoms with Crippen molar-refractivity contribution < 1.29 is 37.0 Å². The first-order valence-electron chi connectivity index (χ1n) is 14.4. The average molecular weight is 589 g/mol. The monoisotopic (exact) mass is 588 g/mol. The number of Topliss-reactive ketones (excluding diaryl/α,β-unsaturated/α-hetero) is 1. The lowest BCUT2D eigenvalue weighted by molar-refractivity contribution is -1.08. The van der Waals surface area contributed by atoms with Crippen LogP contribution >= 0.6 is 0 Å². The summed E-state index contributed by atoms with van der Waals surface area (Å²) in [7, 11) is 1.41. The first-order valence-corrected chi connectivity index (χ1v) is 14.4. The van der Waals surface area contributed by atoms with Crippen LogP contribution in [-0.4, -0.2) is 63.8 Å². The molecule has 2 N–H and O–H groups in total. The summed E-state index contributed by atoms with van der Waals surface area (Å²) in [5.41, 5.74) is 0.831. The van der Waals surface area contributed by atoms with Gasteiger partial charge < -0.3 is 5.32 Å². The fourth-order valence-corrected chi connectivity index (χ4v) is 5.20. The minimum Gasteiger partial charge on any atom is -0.346 e. The number of halogens is 3. The summed E-state index contributed by atoms with van der Waals surface area (Å²) in [4.78, 5) is 45.7. The third-order valence-electron chi connectivity index (χ3n) is 7.81. The van der Waals surface area contributed by atoms with Gasteiger partial charge in [-0.25, -0.2) is 9.78 Å². The Kier molecular flexibility index (Phi) is 9.97. The van der Waals surface area contributed by atoms with Crippen LogP contribution in [0.3, 0.4) is 0 Å². The number of nitrogens with one attached hydrogen (secondary N) is 2. The summed E-state index contributed by atoms with van der Waals surface area (Å²) in [6, 6.07) is 13.4. The zero-order valence-corrected chi connectivity index (χ0v) is 23.9. The Hall–Kier alpha value is -3.80. The van der Waals surface area contributed by atoms with Crippen molar-refractivity contribution in [2.75, 3.05) is 20.1 Å². The van der Waals surface area contributed by atoms with Crippen molar-refractivity contribution in [3.8, 4) is 11.4 Å². The third-order valence-corrected chi connectivity index (χ3v) is 7.81. The Morgan fingerprint density at radius 2 is 1.79 bits per heavy atom. The number of aromatic amines is 1. The number of carbonyl (C=O) groups is 3. The van der Waals surface area contributed by atoms with E-state index in [-0.39, 0.29) is 37.6 Å². The van der Waals surface area contributed by atoms with Crippen LogP contribution in [0.1, 0.15) is 70.2 Å². The van der Waals surface area contributed by atoms with Gasteiger partial charge >= 0.3 is 12.1 Å². The first kappa shape index (κ1) is 31.1. The smallest absolute Gasteiger partial charge is 0.346 e. The molecule has 2 heterocycles. The Morgan fingerprint density at radius 1 is 1.07 bits per heavy atom. The second kappa shape index (κ2) is 13.5. The van der Waals surface area contributed by atoms with Gasteiger partial charge in [-0.05, 0) is 29.7 Å². The summed E-state index contributed by atoms with van der Waals surface area (Å²) in [5, 5.41) is 12.6. The molecular formula is C30H37F3N5O4+. The Labute approximate surface area is 242 Å². The molecule has 0 radical (unpaired) electrons. The van der Waals surface area contributed by atoms with Crippen molar-refractivity contribution in [3.05, 3.63) is 48.3 Å². The third kappa shape index (κ3) is 8.15. The second-order valence-electron chi connectivity index (χ2n) is 11.1. The quantitative estimate of drug-likeness (QED) is 0.211. The number of fused-ring (bicyclic) bond motifs is 1. The molecule has 1 aliphatic rings. The highest BCUT2D eigenvalue weighted by atomic mass is 19.4. The van der Waals surface area contributed by atoms with Gasteiger partial charge in [0.25, 0.3) is 0 Å². The molecule has 0 unspecified atom stereocenters. The molecule has 2 aromatic carbocycles. The zero-order valence-electron chi connectivity index (χ0n) is 23.9. The number of alkyl halides is 3. The molecule has 3 aromatic rings. The number of benzene rings is 2. The summed E-state index contributed by atoms with van der Waals surface area (Å²) in [5.74, 6) is -1.70. The van der Waals surface area contributed by atoms with E-state index >= 15 is 0 Å². The van der Waals surface area contributed by atoms with Crippen molar-refractivity contribution in [2.24, 2.45) is 5.92 Å². The lowest BCUT2D eigenvalue weighted by Crippen LogP contribution is -2.54. The predicted octanol–water partition coefficient (Wildman–Crippen LogP) is 5.59. The summed E-state index contributed by atoms with van der Waals surface area (Å²) >= 11 is 0. The van der Waals surface area contributed by atoms with E-state index in [2.05, 4.69) is 20.4 Å². The maximum absolute atomic E-state index is 13.3. The van der Waals surface area contributed by atoms with Gasteiger partial charge in [0, 0.05) is 37.2 Å². The van der Waals surface area contributed by atoms with Gasteiger partial charge in [0.1, 0.15) is 31.7 Å². The predicted molar refractivity (Wildman–Crippen MR) is 149 cm³/mol. The number of piperidine rings is 1. The number of H-pyrrole nitrogens is 1. The molecule has 1 aliphatic heterocycles. The molecule has 4 rings (SSSR count). The Balaban J connectivity index is 1.42. The fraction of sp³-hybridized carbons (Fsp3) is 0.500. The van der Waals surface area contributed by atoms with E-state index in [9.17, 15) is 27.6 Å². The SMILES string of the molecule is CCC(=O)CCCCC[C@H](NC(=O)C1CC[N+](C)(OC(=O)C(F)(F)F)CC1)c1nc(-c2ccc3ccccc3c2)n[nH]1. The van der Waals surface area contributed by atoms with Crippen molar-refractivity contribution in [1.82, 2.24) is 20.5 Å². The highest BCUT2D eigenvalue weighted by Crippen LogP contribution is 2.28. The van der Waals surface area contributed by atoms with Gasteiger partial charge in [-0.2, -0.15) is 18.3 Å². The van der Waals surface area contributed by atoms with Gasteiger partial charge in [0.2, 0.25) is 5.91 Å². The molecule has 1 saturated heterocycles. The number of aromatic nitrogens is 3. The molecule has 1 atom stereocenters. The lowest BCUT2D eigenvalue weighted by Gasteiger charge is -2.36. The maximum Gasteiger partial charge on any atom is 0.497 e. The molecule has 0 aliphatic carbocycles. The minimum atomic E-state index is -5.07. The molecule has 0 bridgehead atoms. The molecule has 1 amide bonds. The van der Waals surface area contributed by atoms with E-state index < -0.39 is 28.8 Å². The van der Waals surface area contributed by atoms with E-state index in [0.717, 1.165) is 35.6 Å². The fourth-order valence-electron chi connectivity index (χ4n) is 5.20. The number of hydrogen-bond acceptors (Lipinski definition) is 6. The number of likely N-dealkylation sites (tertiary alicyclic amines) is 1.